The van der Waals surface area contributed by atoms with Crippen LogP contribution in [0.3, 0.4) is 0 Å². The molecule has 0 unspecified atom stereocenters. The van der Waals surface area contributed by atoms with Gasteiger partial charge in [0.05, 0.1) is 17.8 Å². The van der Waals surface area contributed by atoms with Crippen LogP contribution in [0, 0.1) is 13.8 Å². The summed E-state index contributed by atoms with van der Waals surface area (Å²) in [7, 11) is 0. The van der Waals surface area contributed by atoms with Gasteiger partial charge in [-0.15, -0.1) is 0 Å². The zero-order valence-electron chi connectivity index (χ0n) is 13.3. The molecule has 0 radical (unpaired) electrons. The van der Waals surface area contributed by atoms with E-state index in [9.17, 15) is 14.4 Å². The minimum absolute atomic E-state index is 0.0176. The lowest BCUT2D eigenvalue weighted by atomic mass is 10.1. The molecule has 0 saturated carbocycles. The Labute approximate surface area is 147 Å². The average Bonchev–Trinajstić information content (AvgIpc) is 2.83. The Morgan fingerprint density at radius 2 is 2.00 bits per heavy atom. The first-order valence-corrected chi connectivity index (χ1v) is 7.84. The highest BCUT2D eigenvalue weighted by Gasteiger charge is 2.23. The molecule has 2 aromatic rings. The SMILES string of the molecule is CCOC(=O)c1[nH]c(C)c(C(=O)Cn2ncc(Cl)c(Cl)c2=O)c1C. The number of Topliss-reactive ketones (excluding diaryl/α,β-unsaturated/α-hetero) is 1. The van der Waals surface area contributed by atoms with Crippen LogP contribution in [0.15, 0.2) is 11.0 Å². The number of carbonyl (C=O) groups is 2. The number of hydrogen-bond donors (Lipinski definition) is 1. The second-order valence-electron chi connectivity index (χ2n) is 5.04. The summed E-state index contributed by atoms with van der Waals surface area (Å²) in [4.78, 5) is 39.3. The van der Waals surface area contributed by atoms with E-state index in [0.717, 1.165) is 4.68 Å². The Kier molecular flexibility index (Phi) is 5.46. The Bertz CT molecular complexity index is 870. The molecule has 24 heavy (non-hydrogen) atoms. The smallest absolute Gasteiger partial charge is 0.355 e. The van der Waals surface area contributed by atoms with Crippen molar-refractivity contribution in [3.05, 3.63) is 49.1 Å². The van der Waals surface area contributed by atoms with Crippen LogP contribution in [0.25, 0.3) is 0 Å². The van der Waals surface area contributed by atoms with Crippen LogP contribution >= 0.6 is 23.2 Å². The molecule has 0 bridgehead atoms. The summed E-state index contributed by atoms with van der Waals surface area (Å²) in [6.07, 6.45) is 1.19. The number of hydrogen-bond acceptors (Lipinski definition) is 5. The molecule has 2 aromatic heterocycles. The van der Waals surface area contributed by atoms with Crippen molar-refractivity contribution in [2.24, 2.45) is 0 Å². The monoisotopic (exact) mass is 371 g/mol. The molecule has 0 spiro atoms. The van der Waals surface area contributed by atoms with E-state index >= 15 is 0 Å². The van der Waals surface area contributed by atoms with Crippen molar-refractivity contribution in [1.82, 2.24) is 14.8 Å². The average molecular weight is 372 g/mol. The molecule has 2 rings (SSSR count). The predicted octanol–water partition coefficient (Wildman–Crippen LogP) is 2.55. The van der Waals surface area contributed by atoms with E-state index in [1.54, 1.807) is 20.8 Å². The normalized spacial score (nSPS) is 10.7. The summed E-state index contributed by atoms with van der Waals surface area (Å²) in [6.45, 7) is 4.89. The first-order valence-electron chi connectivity index (χ1n) is 7.08. The second kappa shape index (κ2) is 7.19. The fourth-order valence-electron chi connectivity index (χ4n) is 2.35. The van der Waals surface area contributed by atoms with Gasteiger partial charge in [0.1, 0.15) is 17.3 Å². The first kappa shape index (κ1) is 18.2. The maximum atomic E-state index is 12.6. The lowest BCUT2D eigenvalue weighted by molar-refractivity contribution is 0.0519. The molecule has 0 atom stereocenters. The number of ketones is 1. The van der Waals surface area contributed by atoms with Gasteiger partial charge in [0.15, 0.2) is 5.78 Å². The maximum Gasteiger partial charge on any atom is 0.355 e. The fourth-order valence-corrected chi connectivity index (χ4v) is 2.62. The number of rotatable bonds is 5. The van der Waals surface area contributed by atoms with E-state index in [1.165, 1.54) is 6.20 Å². The summed E-state index contributed by atoms with van der Waals surface area (Å²) < 4.78 is 5.87. The van der Waals surface area contributed by atoms with Crippen molar-refractivity contribution in [1.29, 1.82) is 0 Å². The molecule has 1 N–H and O–H groups in total. The van der Waals surface area contributed by atoms with Crippen LogP contribution < -0.4 is 5.56 Å². The molecular formula is C15H15Cl2N3O4. The highest BCUT2D eigenvalue weighted by atomic mass is 35.5. The minimum Gasteiger partial charge on any atom is -0.461 e. The minimum atomic E-state index is -0.658. The van der Waals surface area contributed by atoms with Gasteiger partial charge in [0.25, 0.3) is 5.56 Å². The predicted molar refractivity (Wildman–Crippen MR) is 89.1 cm³/mol. The van der Waals surface area contributed by atoms with Gasteiger partial charge in [0, 0.05) is 11.3 Å². The largest absolute Gasteiger partial charge is 0.461 e. The van der Waals surface area contributed by atoms with Gasteiger partial charge in [-0.2, -0.15) is 5.10 Å². The van der Waals surface area contributed by atoms with E-state index < -0.39 is 11.5 Å². The third kappa shape index (κ3) is 3.37. The number of nitrogens with zero attached hydrogens (tertiary/aromatic N) is 2. The number of aromatic nitrogens is 3. The molecule has 0 fully saturated rings. The van der Waals surface area contributed by atoms with E-state index in [1.807, 2.05) is 0 Å². The van der Waals surface area contributed by atoms with Gasteiger partial charge in [-0.05, 0) is 26.3 Å². The number of esters is 1. The van der Waals surface area contributed by atoms with Crippen molar-refractivity contribution >= 4 is 35.0 Å². The van der Waals surface area contributed by atoms with E-state index in [-0.39, 0.29) is 34.7 Å². The molecule has 0 aliphatic rings. The Morgan fingerprint density at radius 3 is 2.62 bits per heavy atom. The first-order chi connectivity index (χ1) is 11.3. The molecular weight excluding hydrogens is 357 g/mol. The van der Waals surface area contributed by atoms with Gasteiger partial charge in [0.2, 0.25) is 0 Å². The van der Waals surface area contributed by atoms with Gasteiger partial charge >= 0.3 is 5.97 Å². The summed E-state index contributed by atoms with van der Waals surface area (Å²) in [6, 6.07) is 0. The van der Waals surface area contributed by atoms with Crippen LogP contribution in [0.1, 0.15) is 39.0 Å². The summed E-state index contributed by atoms with van der Waals surface area (Å²) >= 11 is 11.5. The molecule has 128 valence electrons. The Morgan fingerprint density at radius 1 is 1.33 bits per heavy atom. The van der Waals surface area contributed by atoms with Crippen LogP contribution in [0.4, 0.5) is 0 Å². The second-order valence-corrected chi connectivity index (χ2v) is 5.82. The number of nitrogens with one attached hydrogen (secondary N) is 1. The highest BCUT2D eigenvalue weighted by molar-refractivity contribution is 6.41. The fraction of sp³-hybridized carbons (Fsp3) is 0.333. The highest BCUT2D eigenvalue weighted by Crippen LogP contribution is 2.20. The summed E-state index contributed by atoms with van der Waals surface area (Å²) in [5, 5.41) is 3.62. The lowest BCUT2D eigenvalue weighted by Gasteiger charge is -2.06. The quantitative estimate of drug-likeness (QED) is 0.643. The zero-order chi connectivity index (χ0) is 18.0. The zero-order valence-corrected chi connectivity index (χ0v) is 14.8. The molecule has 0 saturated heterocycles. The summed E-state index contributed by atoms with van der Waals surface area (Å²) in [5.41, 5.74) is 0.844. The van der Waals surface area contributed by atoms with Crippen molar-refractivity contribution in [3.8, 4) is 0 Å². The molecule has 0 aliphatic carbocycles. The lowest BCUT2D eigenvalue weighted by Crippen LogP contribution is -2.27. The van der Waals surface area contributed by atoms with Crippen LogP contribution in [-0.4, -0.2) is 33.1 Å². The van der Waals surface area contributed by atoms with Crippen molar-refractivity contribution < 1.29 is 14.3 Å². The third-order valence-electron chi connectivity index (χ3n) is 3.43. The van der Waals surface area contributed by atoms with Crippen LogP contribution in [0.2, 0.25) is 10.0 Å². The Balaban J connectivity index is 2.36. The third-order valence-corrected chi connectivity index (χ3v) is 4.18. The standard InChI is InChI=1S/C15H15Cl2N3O4/c1-4-24-15(23)13-7(2)11(8(3)19-13)10(21)6-20-14(22)12(17)9(16)5-18-20/h5,19H,4,6H2,1-3H3. The van der Waals surface area contributed by atoms with E-state index in [0.29, 0.717) is 16.8 Å². The number of H-pyrrole nitrogens is 1. The van der Waals surface area contributed by atoms with Crippen molar-refractivity contribution in [2.45, 2.75) is 27.3 Å². The molecule has 9 heteroatoms. The van der Waals surface area contributed by atoms with Crippen LogP contribution in [0.5, 0.6) is 0 Å². The van der Waals surface area contributed by atoms with E-state index in [4.69, 9.17) is 27.9 Å². The number of aromatic amines is 1. The number of halogens is 2. The van der Waals surface area contributed by atoms with Crippen molar-refractivity contribution in [3.63, 3.8) is 0 Å². The molecule has 2 heterocycles. The number of carbonyl (C=O) groups excluding carboxylic acids is 2. The van der Waals surface area contributed by atoms with Crippen LogP contribution in [-0.2, 0) is 11.3 Å². The number of aryl methyl sites for hydroxylation is 1. The van der Waals surface area contributed by atoms with Gasteiger partial charge in [-0.3, -0.25) is 9.59 Å². The molecule has 7 nitrogen and oxygen atoms in total. The number of ether oxygens (including phenoxy) is 1. The molecule has 0 amide bonds. The summed E-state index contributed by atoms with van der Waals surface area (Å²) in [5.74, 6) is -0.924. The van der Waals surface area contributed by atoms with Gasteiger partial charge in [-0.1, -0.05) is 23.2 Å². The Hall–Kier alpha value is -2.12. The molecule has 0 aliphatic heterocycles. The van der Waals surface area contributed by atoms with Crippen molar-refractivity contribution in [2.75, 3.05) is 6.61 Å². The maximum absolute atomic E-state index is 12.6. The topological polar surface area (TPSA) is 94.1 Å². The van der Waals surface area contributed by atoms with Gasteiger partial charge in [-0.25, -0.2) is 9.48 Å². The molecule has 0 aromatic carbocycles. The van der Waals surface area contributed by atoms with E-state index in [2.05, 4.69) is 10.1 Å². The van der Waals surface area contributed by atoms with Gasteiger partial charge < -0.3 is 9.72 Å².